The first-order chi connectivity index (χ1) is 17.5. The maximum atomic E-state index is 14.2. The Morgan fingerprint density at radius 1 is 1.28 bits per heavy atom. The minimum Gasteiger partial charge on any atom is -0.494 e. The van der Waals surface area contributed by atoms with Crippen molar-refractivity contribution < 1.29 is 23.8 Å². The van der Waals surface area contributed by atoms with Gasteiger partial charge in [-0.1, -0.05) is 12.1 Å². The van der Waals surface area contributed by atoms with Crippen molar-refractivity contribution in [3.05, 3.63) is 76.7 Å². The fourth-order valence-corrected chi connectivity index (χ4v) is 4.18. The van der Waals surface area contributed by atoms with Crippen LogP contribution in [-0.2, 0) is 17.6 Å². The molecule has 0 radical (unpaired) electrons. The van der Waals surface area contributed by atoms with Crippen LogP contribution in [0.15, 0.2) is 48.5 Å². The molecule has 0 spiro atoms. The Bertz CT molecular complexity index is 1250. The van der Waals surface area contributed by atoms with Gasteiger partial charge in [-0.05, 0) is 60.4 Å². The highest BCUT2D eigenvalue weighted by Crippen LogP contribution is 2.30. The Labute approximate surface area is 209 Å². The van der Waals surface area contributed by atoms with E-state index in [-0.39, 0.29) is 12.2 Å². The predicted molar refractivity (Wildman–Crippen MR) is 136 cm³/mol. The molecule has 1 aliphatic heterocycles. The number of nitrogens with one attached hydrogen (secondary N) is 3. The van der Waals surface area contributed by atoms with Crippen LogP contribution in [0.1, 0.15) is 41.3 Å². The SMILES string of the molecule is COc1ccc(C(CC(=O)O)Nc2ccc(OCCc3ccc4c(n3)NCCC4)cc2C=N)cc1F. The third-order valence-corrected chi connectivity index (χ3v) is 6.04. The van der Waals surface area contributed by atoms with Gasteiger partial charge in [-0.25, -0.2) is 9.37 Å². The molecule has 3 aromatic rings. The molecule has 8 nitrogen and oxygen atoms in total. The Morgan fingerprint density at radius 3 is 2.89 bits per heavy atom. The van der Waals surface area contributed by atoms with Gasteiger partial charge in [0.15, 0.2) is 11.6 Å². The molecule has 9 heteroatoms. The van der Waals surface area contributed by atoms with Crippen LogP contribution in [0.5, 0.6) is 11.5 Å². The number of hydrogen-bond donors (Lipinski definition) is 4. The second-order valence-electron chi connectivity index (χ2n) is 8.52. The van der Waals surface area contributed by atoms with E-state index < -0.39 is 17.8 Å². The van der Waals surface area contributed by atoms with Crippen molar-refractivity contribution >= 4 is 23.7 Å². The number of carboxylic acids is 1. The number of nitrogens with zero attached hydrogens (tertiary/aromatic N) is 1. The van der Waals surface area contributed by atoms with E-state index in [1.807, 2.05) is 6.07 Å². The lowest BCUT2D eigenvalue weighted by Crippen LogP contribution is -2.16. The molecule has 0 aliphatic carbocycles. The lowest BCUT2D eigenvalue weighted by atomic mass is 10.0. The first-order valence-electron chi connectivity index (χ1n) is 11.8. The molecule has 4 rings (SSSR count). The zero-order chi connectivity index (χ0) is 25.5. The monoisotopic (exact) mass is 492 g/mol. The van der Waals surface area contributed by atoms with Gasteiger partial charge in [-0.3, -0.25) is 4.79 Å². The minimum absolute atomic E-state index is 0.0800. The number of carbonyl (C=O) groups is 1. The van der Waals surface area contributed by atoms with Gasteiger partial charge >= 0.3 is 5.97 Å². The average molecular weight is 493 g/mol. The number of benzene rings is 2. The van der Waals surface area contributed by atoms with Crippen LogP contribution in [0.3, 0.4) is 0 Å². The Balaban J connectivity index is 1.44. The molecule has 0 fully saturated rings. The average Bonchev–Trinajstić information content (AvgIpc) is 2.88. The van der Waals surface area contributed by atoms with E-state index in [1.165, 1.54) is 31.0 Å². The fraction of sp³-hybridized carbons (Fsp3) is 0.296. The van der Waals surface area contributed by atoms with Gasteiger partial charge in [0.25, 0.3) is 0 Å². The van der Waals surface area contributed by atoms with Crippen LogP contribution < -0.4 is 20.1 Å². The minimum atomic E-state index is -1.04. The van der Waals surface area contributed by atoms with Gasteiger partial charge in [0.05, 0.1) is 26.2 Å². The van der Waals surface area contributed by atoms with Crippen molar-refractivity contribution in [3.63, 3.8) is 0 Å². The number of hydrogen-bond acceptors (Lipinski definition) is 7. The molecule has 0 bridgehead atoms. The maximum absolute atomic E-state index is 14.2. The van der Waals surface area contributed by atoms with Crippen molar-refractivity contribution in [2.24, 2.45) is 0 Å². The van der Waals surface area contributed by atoms with Crippen molar-refractivity contribution in [1.29, 1.82) is 5.41 Å². The molecule has 0 saturated carbocycles. The lowest BCUT2D eigenvalue weighted by Gasteiger charge is -2.21. The van der Waals surface area contributed by atoms with Crippen LogP contribution in [0.25, 0.3) is 0 Å². The number of aromatic nitrogens is 1. The van der Waals surface area contributed by atoms with Gasteiger partial charge in [0.2, 0.25) is 0 Å². The maximum Gasteiger partial charge on any atom is 0.305 e. The number of aliphatic carboxylic acids is 1. The first-order valence-corrected chi connectivity index (χ1v) is 11.8. The van der Waals surface area contributed by atoms with Crippen LogP contribution in [-0.4, -0.2) is 42.5 Å². The molecule has 2 aromatic carbocycles. The van der Waals surface area contributed by atoms with Gasteiger partial charge < -0.3 is 30.6 Å². The number of fused-ring (bicyclic) bond motifs is 1. The molecule has 0 amide bonds. The largest absolute Gasteiger partial charge is 0.494 e. The zero-order valence-electron chi connectivity index (χ0n) is 20.0. The predicted octanol–water partition coefficient (Wildman–Crippen LogP) is 4.83. The number of pyridine rings is 1. The Kier molecular flexibility index (Phi) is 7.99. The second kappa shape index (κ2) is 11.5. The Hall–Kier alpha value is -4.14. The fourth-order valence-electron chi connectivity index (χ4n) is 4.18. The molecule has 1 atom stereocenters. The smallest absolute Gasteiger partial charge is 0.305 e. The number of halogens is 1. The number of carboxylic acid groups (broad SMARTS) is 1. The van der Waals surface area contributed by atoms with Crippen molar-refractivity contribution in [2.75, 3.05) is 30.9 Å². The summed E-state index contributed by atoms with van der Waals surface area (Å²) in [6.07, 6.45) is 3.69. The van der Waals surface area contributed by atoms with Crippen LogP contribution >= 0.6 is 0 Å². The lowest BCUT2D eigenvalue weighted by molar-refractivity contribution is -0.137. The third kappa shape index (κ3) is 6.10. The summed E-state index contributed by atoms with van der Waals surface area (Å²) in [6.45, 7) is 1.36. The normalized spacial score (nSPS) is 13.2. The summed E-state index contributed by atoms with van der Waals surface area (Å²) in [6, 6.07) is 13.0. The third-order valence-electron chi connectivity index (χ3n) is 6.04. The number of rotatable bonds is 11. The highest BCUT2D eigenvalue weighted by Gasteiger charge is 2.19. The van der Waals surface area contributed by atoms with E-state index in [9.17, 15) is 14.3 Å². The van der Waals surface area contributed by atoms with E-state index in [0.717, 1.165) is 30.9 Å². The molecule has 2 heterocycles. The number of anilines is 2. The molecule has 0 saturated heterocycles. The molecular weight excluding hydrogens is 463 g/mol. The molecule has 188 valence electrons. The summed E-state index contributed by atoms with van der Waals surface area (Å²) in [7, 11) is 1.37. The van der Waals surface area contributed by atoms with Gasteiger partial charge in [-0.2, -0.15) is 0 Å². The summed E-state index contributed by atoms with van der Waals surface area (Å²) in [5, 5.41) is 23.7. The highest BCUT2D eigenvalue weighted by molar-refractivity contribution is 5.87. The van der Waals surface area contributed by atoms with Crippen molar-refractivity contribution in [1.82, 2.24) is 4.98 Å². The first kappa shape index (κ1) is 25.0. The summed E-state index contributed by atoms with van der Waals surface area (Å²) in [5.41, 5.74) is 3.70. The van der Waals surface area contributed by atoms with Gasteiger partial charge in [-0.15, -0.1) is 0 Å². The van der Waals surface area contributed by atoms with Crippen LogP contribution in [0.4, 0.5) is 15.9 Å². The van der Waals surface area contributed by atoms with E-state index in [4.69, 9.17) is 14.9 Å². The molecule has 1 aromatic heterocycles. The van der Waals surface area contributed by atoms with Gasteiger partial charge in [0.1, 0.15) is 11.6 Å². The second-order valence-corrected chi connectivity index (χ2v) is 8.52. The summed E-state index contributed by atoms with van der Waals surface area (Å²) >= 11 is 0. The van der Waals surface area contributed by atoms with Crippen molar-refractivity contribution in [3.8, 4) is 11.5 Å². The van der Waals surface area contributed by atoms with E-state index in [2.05, 4.69) is 21.7 Å². The highest BCUT2D eigenvalue weighted by atomic mass is 19.1. The molecule has 4 N–H and O–H groups in total. The standard InChI is InChI=1S/C27H29FN4O4/c1-35-25-9-5-18(14-22(25)28)24(15-26(33)34)32-23-8-7-21(13-19(23)16-29)36-12-10-20-6-4-17-3-2-11-30-27(17)31-20/h4-9,13-14,16,24,29,32H,2-3,10-12,15H2,1H3,(H,30,31)(H,33,34). The van der Waals surface area contributed by atoms with E-state index in [0.29, 0.717) is 35.6 Å². The zero-order valence-corrected chi connectivity index (χ0v) is 20.0. The molecule has 1 aliphatic rings. The topological polar surface area (TPSA) is 117 Å². The number of methoxy groups -OCH3 is 1. The van der Waals surface area contributed by atoms with E-state index >= 15 is 0 Å². The number of ether oxygens (including phenoxy) is 2. The summed E-state index contributed by atoms with van der Waals surface area (Å²) < 4.78 is 25.1. The molecule has 1 unspecified atom stereocenters. The Morgan fingerprint density at radius 2 is 2.14 bits per heavy atom. The van der Waals surface area contributed by atoms with Crippen LogP contribution in [0.2, 0.25) is 0 Å². The van der Waals surface area contributed by atoms with Crippen molar-refractivity contribution in [2.45, 2.75) is 31.7 Å². The quantitative estimate of drug-likeness (QED) is 0.283. The number of aryl methyl sites for hydroxylation is 1. The van der Waals surface area contributed by atoms with Gasteiger partial charge in [0, 0.05) is 36.1 Å². The summed E-state index contributed by atoms with van der Waals surface area (Å²) in [4.78, 5) is 16.1. The summed E-state index contributed by atoms with van der Waals surface area (Å²) in [5.74, 6) is 0.00294. The van der Waals surface area contributed by atoms with Crippen LogP contribution in [0, 0.1) is 11.2 Å². The molecular formula is C27H29FN4O4. The molecule has 36 heavy (non-hydrogen) atoms. The van der Waals surface area contributed by atoms with E-state index in [1.54, 1.807) is 24.3 Å².